The van der Waals surface area contributed by atoms with Gasteiger partial charge in [-0.1, -0.05) is 48.5 Å². The molecule has 0 radical (unpaired) electrons. The number of benzene rings is 4. The van der Waals surface area contributed by atoms with Crippen molar-refractivity contribution in [2.24, 2.45) is 0 Å². The first kappa shape index (κ1) is 36.5. The maximum absolute atomic E-state index is 15.1. The van der Waals surface area contributed by atoms with Crippen LogP contribution in [0.4, 0.5) is 10.1 Å². The highest BCUT2D eigenvalue weighted by Crippen LogP contribution is 2.28. The molecule has 0 saturated heterocycles. The maximum atomic E-state index is 15.1. The summed E-state index contributed by atoms with van der Waals surface area (Å²) in [7, 11) is -4.29. The van der Waals surface area contributed by atoms with Crippen molar-refractivity contribution in [1.29, 1.82) is 0 Å². The van der Waals surface area contributed by atoms with Crippen molar-refractivity contribution in [1.82, 2.24) is 10.2 Å². The van der Waals surface area contributed by atoms with E-state index in [0.717, 1.165) is 14.8 Å². The molecule has 0 fully saturated rings. The summed E-state index contributed by atoms with van der Waals surface area (Å²) in [5, 5.41) is 2.97. The summed E-state index contributed by atoms with van der Waals surface area (Å²) in [4.78, 5) is 30.7. The molecule has 1 atom stereocenters. The molecule has 8 nitrogen and oxygen atoms in total. The zero-order valence-electron chi connectivity index (χ0n) is 27.9. The lowest BCUT2D eigenvalue weighted by atomic mass is 10.0. The minimum atomic E-state index is -4.29. The molecule has 4 aromatic carbocycles. The number of ether oxygens (including phenoxy) is 1. The van der Waals surface area contributed by atoms with E-state index >= 15 is 4.39 Å². The van der Waals surface area contributed by atoms with Crippen molar-refractivity contribution in [2.45, 2.75) is 62.0 Å². The highest BCUT2D eigenvalue weighted by atomic mass is 32.2. The Balaban J connectivity index is 1.83. The van der Waals surface area contributed by atoms with Gasteiger partial charge in [-0.15, -0.1) is 11.8 Å². The van der Waals surface area contributed by atoms with Crippen LogP contribution in [-0.4, -0.2) is 56.1 Å². The molecule has 1 N–H and O–H groups in total. The van der Waals surface area contributed by atoms with Crippen LogP contribution < -0.4 is 14.4 Å². The first-order chi connectivity index (χ1) is 22.8. The minimum absolute atomic E-state index is 0.00560. The Morgan fingerprint density at radius 3 is 2.10 bits per heavy atom. The molecule has 0 aliphatic rings. The molecule has 0 saturated carbocycles. The van der Waals surface area contributed by atoms with Crippen LogP contribution in [0.3, 0.4) is 0 Å². The van der Waals surface area contributed by atoms with Crippen LogP contribution in [0.15, 0.2) is 113 Å². The van der Waals surface area contributed by atoms with Crippen LogP contribution in [0.2, 0.25) is 0 Å². The molecule has 2 amide bonds. The van der Waals surface area contributed by atoms with Crippen molar-refractivity contribution in [3.8, 4) is 5.75 Å². The molecule has 0 unspecified atom stereocenters. The molecule has 48 heavy (non-hydrogen) atoms. The largest absolute Gasteiger partial charge is 0.494 e. The lowest BCUT2D eigenvalue weighted by Gasteiger charge is -2.35. The van der Waals surface area contributed by atoms with Crippen LogP contribution in [-0.2, 0) is 32.6 Å². The van der Waals surface area contributed by atoms with Crippen LogP contribution in [0.25, 0.3) is 0 Å². The van der Waals surface area contributed by atoms with E-state index in [1.165, 1.54) is 34.9 Å². The number of amides is 2. The van der Waals surface area contributed by atoms with Gasteiger partial charge in [0.2, 0.25) is 11.8 Å². The predicted molar refractivity (Wildman–Crippen MR) is 189 cm³/mol. The number of nitrogens with zero attached hydrogens (tertiary/aromatic N) is 2. The molecule has 4 rings (SSSR count). The van der Waals surface area contributed by atoms with Crippen LogP contribution in [0.1, 0.15) is 38.8 Å². The molecular formula is C37H42FN3O5S2. The number of carbonyl (C=O) groups is 2. The van der Waals surface area contributed by atoms with E-state index in [2.05, 4.69) is 5.32 Å². The fourth-order valence-electron chi connectivity index (χ4n) is 5.10. The van der Waals surface area contributed by atoms with Crippen molar-refractivity contribution in [2.75, 3.05) is 23.7 Å². The smallest absolute Gasteiger partial charge is 0.264 e. The first-order valence-electron chi connectivity index (χ1n) is 15.6. The SMILES string of the molecule is CCOc1ccc(N(CC(=O)N(Cc2ccccc2F)[C@@H](Cc2ccccc2)C(=O)NC(C)(C)C)S(=O)(=O)c2ccc(SC)cc2)cc1. The Labute approximate surface area is 287 Å². The van der Waals surface area contributed by atoms with Crippen molar-refractivity contribution >= 4 is 39.3 Å². The molecule has 0 aliphatic carbocycles. The van der Waals surface area contributed by atoms with Gasteiger partial charge in [0.25, 0.3) is 10.0 Å². The molecule has 0 aliphatic heterocycles. The van der Waals surface area contributed by atoms with Crippen molar-refractivity contribution in [3.05, 3.63) is 120 Å². The van der Waals surface area contributed by atoms with Crippen molar-refractivity contribution < 1.29 is 27.1 Å². The third kappa shape index (κ3) is 9.60. The average Bonchev–Trinajstić information content (AvgIpc) is 3.06. The summed E-state index contributed by atoms with van der Waals surface area (Å²) in [5.74, 6) is -1.13. The third-order valence-electron chi connectivity index (χ3n) is 7.43. The van der Waals surface area contributed by atoms with Gasteiger partial charge in [0, 0.05) is 29.0 Å². The van der Waals surface area contributed by atoms with Gasteiger partial charge >= 0.3 is 0 Å². The zero-order valence-corrected chi connectivity index (χ0v) is 29.5. The lowest BCUT2D eigenvalue weighted by Crippen LogP contribution is -2.56. The van der Waals surface area contributed by atoms with Gasteiger partial charge < -0.3 is 15.0 Å². The molecule has 0 aromatic heterocycles. The number of halogens is 1. The van der Waals surface area contributed by atoms with E-state index in [9.17, 15) is 18.0 Å². The topological polar surface area (TPSA) is 96.0 Å². The number of nitrogens with one attached hydrogen (secondary N) is 1. The monoisotopic (exact) mass is 691 g/mol. The second-order valence-electron chi connectivity index (χ2n) is 12.2. The lowest BCUT2D eigenvalue weighted by molar-refractivity contribution is -0.140. The van der Waals surface area contributed by atoms with Gasteiger partial charge in [-0.3, -0.25) is 13.9 Å². The molecule has 4 aromatic rings. The Morgan fingerprint density at radius 1 is 0.896 bits per heavy atom. The Hall–Kier alpha value is -4.35. The molecular weight excluding hydrogens is 650 g/mol. The summed E-state index contributed by atoms with van der Waals surface area (Å²) in [5.41, 5.74) is 0.558. The van der Waals surface area contributed by atoms with E-state index < -0.39 is 45.8 Å². The number of hydrogen-bond acceptors (Lipinski definition) is 6. The number of sulfonamides is 1. The summed E-state index contributed by atoms with van der Waals surface area (Å²) in [6.45, 7) is 6.84. The molecule has 11 heteroatoms. The Bertz CT molecular complexity index is 1780. The van der Waals surface area contributed by atoms with Crippen molar-refractivity contribution in [3.63, 3.8) is 0 Å². The third-order valence-corrected chi connectivity index (χ3v) is 9.96. The molecule has 0 spiro atoms. The number of anilines is 1. The summed E-state index contributed by atoms with van der Waals surface area (Å²) in [6, 6.07) is 26.9. The standard InChI is InChI=1S/C37H42FN3O5S2/c1-6-46-30-18-16-29(17-19-30)41(48(44,45)32-22-20-31(47-5)21-23-32)26-35(42)40(25-28-14-10-11-15-33(28)38)34(36(43)39-37(2,3)4)24-27-12-8-7-9-13-27/h7-23,34H,6,24-26H2,1-5H3,(H,39,43)/t34-/m0/s1. The summed E-state index contributed by atoms with van der Waals surface area (Å²) >= 11 is 1.47. The van der Waals surface area contributed by atoms with Gasteiger partial charge in [-0.25, -0.2) is 12.8 Å². The zero-order chi connectivity index (χ0) is 34.9. The summed E-state index contributed by atoms with van der Waals surface area (Å²) in [6.07, 6.45) is 2.01. The summed E-state index contributed by atoms with van der Waals surface area (Å²) < 4.78 is 50.3. The average molecular weight is 692 g/mol. The fraction of sp³-hybridized carbons (Fsp3) is 0.297. The number of hydrogen-bond donors (Lipinski definition) is 1. The quantitative estimate of drug-likeness (QED) is 0.148. The minimum Gasteiger partial charge on any atom is -0.494 e. The van der Waals surface area contributed by atoms with Crippen LogP contribution in [0.5, 0.6) is 5.75 Å². The van der Waals surface area contributed by atoms with Gasteiger partial charge in [0.1, 0.15) is 24.2 Å². The van der Waals surface area contributed by atoms with E-state index in [1.807, 2.05) is 64.3 Å². The van der Waals surface area contributed by atoms with E-state index in [1.54, 1.807) is 54.6 Å². The molecule has 0 bridgehead atoms. The Morgan fingerprint density at radius 2 is 1.52 bits per heavy atom. The highest BCUT2D eigenvalue weighted by molar-refractivity contribution is 7.98. The highest BCUT2D eigenvalue weighted by Gasteiger charge is 2.36. The van der Waals surface area contributed by atoms with Gasteiger partial charge in [0.05, 0.1) is 17.2 Å². The normalized spacial score (nSPS) is 12.2. The number of thioether (sulfide) groups is 1. The van der Waals surface area contributed by atoms with Crippen LogP contribution >= 0.6 is 11.8 Å². The van der Waals surface area contributed by atoms with E-state index in [0.29, 0.717) is 12.4 Å². The number of carbonyl (C=O) groups excluding carboxylic acids is 2. The fourth-order valence-corrected chi connectivity index (χ4v) is 6.92. The van der Waals surface area contributed by atoms with E-state index in [4.69, 9.17) is 4.74 Å². The second-order valence-corrected chi connectivity index (χ2v) is 14.9. The van der Waals surface area contributed by atoms with E-state index in [-0.39, 0.29) is 29.1 Å². The first-order valence-corrected chi connectivity index (χ1v) is 18.3. The molecule has 254 valence electrons. The van der Waals surface area contributed by atoms with Gasteiger partial charge in [0.15, 0.2) is 0 Å². The predicted octanol–water partition coefficient (Wildman–Crippen LogP) is 6.70. The Kier molecular flexibility index (Phi) is 12.3. The van der Waals surface area contributed by atoms with Gasteiger partial charge in [-0.05, 0) is 94.1 Å². The van der Waals surface area contributed by atoms with Gasteiger partial charge in [-0.2, -0.15) is 0 Å². The van der Waals surface area contributed by atoms with Crippen LogP contribution in [0, 0.1) is 5.82 Å². The maximum Gasteiger partial charge on any atom is 0.264 e. The number of rotatable bonds is 14. The second kappa shape index (κ2) is 16.2. The molecule has 0 heterocycles.